The molecular formula is C12H15FO2. The Hall–Kier alpha value is -1.38. The molecule has 0 amide bonds. The monoisotopic (exact) mass is 210 g/mol. The first-order chi connectivity index (χ1) is 7.08. The molecule has 0 saturated carbocycles. The molecule has 1 atom stereocenters. The van der Waals surface area contributed by atoms with Crippen LogP contribution in [0.15, 0.2) is 24.3 Å². The molecule has 0 fully saturated rings. The summed E-state index contributed by atoms with van der Waals surface area (Å²) in [7, 11) is 0. The second-order valence-electron chi connectivity index (χ2n) is 3.87. The first-order valence-corrected chi connectivity index (χ1v) is 5.04. The Kier molecular flexibility index (Phi) is 4.28. The summed E-state index contributed by atoms with van der Waals surface area (Å²) in [6.45, 7) is 1.91. The second-order valence-corrected chi connectivity index (χ2v) is 3.87. The van der Waals surface area contributed by atoms with E-state index in [1.54, 1.807) is 12.1 Å². The predicted octanol–water partition coefficient (Wildman–Crippen LogP) is 2.87. The van der Waals surface area contributed by atoms with Gasteiger partial charge in [0.1, 0.15) is 5.82 Å². The van der Waals surface area contributed by atoms with Crippen LogP contribution in [0, 0.1) is 11.7 Å². The van der Waals surface area contributed by atoms with Gasteiger partial charge >= 0.3 is 5.97 Å². The lowest BCUT2D eigenvalue weighted by Crippen LogP contribution is -2.05. The average Bonchev–Trinajstić information content (AvgIpc) is 2.16. The van der Waals surface area contributed by atoms with Crippen LogP contribution in [0.2, 0.25) is 0 Å². The molecule has 15 heavy (non-hydrogen) atoms. The molecule has 0 radical (unpaired) electrons. The molecule has 1 unspecified atom stereocenters. The zero-order valence-electron chi connectivity index (χ0n) is 8.74. The van der Waals surface area contributed by atoms with Gasteiger partial charge in [-0.05, 0) is 36.5 Å². The van der Waals surface area contributed by atoms with Crippen molar-refractivity contribution in [3.63, 3.8) is 0 Å². The number of aryl methyl sites for hydroxylation is 1. The van der Waals surface area contributed by atoms with Crippen LogP contribution in [0.4, 0.5) is 4.39 Å². The minimum atomic E-state index is -0.762. The number of halogens is 1. The van der Waals surface area contributed by atoms with Crippen LogP contribution in [0.25, 0.3) is 0 Å². The molecule has 0 aromatic heterocycles. The van der Waals surface area contributed by atoms with Crippen LogP contribution >= 0.6 is 0 Å². The summed E-state index contributed by atoms with van der Waals surface area (Å²) in [6.07, 6.45) is 1.81. The molecule has 0 aliphatic rings. The Morgan fingerprint density at radius 2 is 2.00 bits per heavy atom. The van der Waals surface area contributed by atoms with E-state index in [0.29, 0.717) is 0 Å². The maximum atomic E-state index is 12.6. The second kappa shape index (κ2) is 5.49. The van der Waals surface area contributed by atoms with Crippen molar-refractivity contribution >= 4 is 5.97 Å². The SMILES string of the molecule is CC(CCc1ccc(F)cc1)CC(=O)O. The highest BCUT2D eigenvalue weighted by molar-refractivity contribution is 5.66. The molecule has 1 aromatic carbocycles. The van der Waals surface area contributed by atoms with E-state index in [9.17, 15) is 9.18 Å². The highest BCUT2D eigenvalue weighted by Crippen LogP contribution is 2.13. The zero-order valence-corrected chi connectivity index (χ0v) is 8.74. The lowest BCUT2D eigenvalue weighted by atomic mass is 9.98. The first-order valence-electron chi connectivity index (χ1n) is 5.04. The minimum Gasteiger partial charge on any atom is -0.481 e. The zero-order chi connectivity index (χ0) is 11.3. The van der Waals surface area contributed by atoms with E-state index >= 15 is 0 Å². The van der Waals surface area contributed by atoms with Crippen LogP contribution in [-0.4, -0.2) is 11.1 Å². The first kappa shape index (κ1) is 11.7. The molecule has 82 valence electrons. The molecule has 1 aromatic rings. The highest BCUT2D eigenvalue weighted by atomic mass is 19.1. The smallest absolute Gasteiger partial charge is 0.303 e. The van der Waals surface area contributed by atoms with Gasteiger partial charge in [-0.3, -0.25) is 4.79 Å². The number of carbonyl (C=O) groups is 1. The molecule has 0 aliphatic heterocycles. The van der Waals surface area contributed by atoms with Gasteiger partial charge in [-0.2, -0.15) is 0 Å². The third-order valence-corrected chi connectivity index (χ3v) is 2.36. The summed E-state index contributed by atoms with van der Waals surface area (Å²) in [6, 6.07) is 6.33. The quantitative estimate of drug-likeness (QED) is 0.811. The summed E-state index contributed by atoms with van der Waals surface area (Å²) in [4.78, 5) is 10.4. The summed E-state index contributed by atoms with van der Waals surface area (Å²) >= 11 is 0. The van der Waals surface area contributed by atoms with Crippen molar-refractivity contribution in [2.24, 2.45) is 5.92 Å². The van der Waals surface area contributed by atoms with Gasteiger partial charge in [0, 0.05) is 6.42 Å². The lowest BCUT2D eigenvalue weighted by Gasteiger charge is -2.07. The van der Waals surface area contributed by atoms with Gasteiger partial charge in [-0.15, -0.1) is 0 Å². The van der Waals surface area contributed by atoms with Crippen LogP contribution in [-0.2, 0) is 11.2 Å². The fraction of sp³-hybridized carbons (Fsp3) is 0.417. The predicted molar refractivity (Wildman–Crippen MR) is 56.1 cm³/mol. The molecule has 2 nitrogen and oxygen atoms in total. The molecule has 0 bridgehead atoms. The van der Waals surface area contributed by atoms with Crippen molar-refractivity contribution in [1.82, 2.24) is 0 Å². The van der Waals surface area contributed by atoms with E-state index in [1.807, 2.05) is 6.92 Å². The van der Waals surface area contributed by atoms with E-state index < -0.39 is 5.97 Å². The molecule has 0 heterocycles. The number of rotatable bonds is 5. The minimum absolute atomic E-state index is 0.160. The van der Waals surface area contributed by atoms with Crippen LogP contribution in [0.3, 0.4) is 0 Å². The molecule has 3 heteroatoms. The van der Waals surface area contributed by atoms with Gasteiger partial charge < -0.3 is 5.11 Å². The Morgan fingerprint density at radius 1 is 1.40 bits per heavy atom. The third kappa shape index (κ3) is 4.58. The van der Waals surface area contributed by atoms with Gasteiger partial charge in [0.05, 0.1) is 0 Å². The molecular weight excluding hydrogens is 195 g/mol. The lowest BCUT2D eigenvalue weighted by molar-refractivity contribution is -0.138. The van der Waals surface area contributed by atoms with Crippen LogP contribution in [0.1, 0.15) is 25.3 Å². The van der Waals surface area contributed by atoms with Crippen LogP contribution in [0.5, 0.6) is 0 Å². The Bertz CT molecular complexity index is 319. The number of aliphatic carboxylic acids is 1. The molecule has 0 aliphatic carbocycles. The highest BCUT2D eigenvalue weighted by Gasteiger charge is 2.07. The van der Waals surface area contributed by atoms with Gasteiger partial charge in [-0.25, -0.2) is 4.39 Å². The summed E-state index contributed by atoms with van der Waals surface area (Å²) in [5.41, 5.74) is 1.05. The summed E-state index contributed by atoms with van der Waals surface area (Å²) < 4.78 is 12.6. The van der Waals surface area contributed by atoms with Crippen molar-refractivity contribution in [2.45, 2.75) is 26.2 Å². The fourth-order valence-electron chi connectivity index (χ4n) is 1.46. The normalized spacial score (nSPS) is 12.4. The molecule has 1 N–H and O–H groups in total. The topological polar surface area (TPSA) is 37.3 Å². The van der Waals surface area contributed by atoms with E-state index in [-0.39, 0.29) is 18.2 Å². The number of benzene rings is 1. The Labute approximate surface area is 88.7 Å². The van der Waals surface area contributed by atoms with Crippen molar-refractivity contribution in [2.75, 3.05) is 0 Å². The molecule has 0 spiro atoms. The molecule has 1 rings (SSSR count). The number of carboxylic acid groups (broad SMARTS) is 1. The fourth-order valence-corrected chi connectivity index (χ4v) is 1.46. The third-order valence-electron chi connectivity index (χ3n) is 2.36. The van der Waals surface area contributed by atoms with Crippen molar-refractivity contribution in [3.8, 4) is 0 Å². The Morgan fingerprint density at radius 3 is 2.53 bits per heavy atom. The molecule has 0 saturated heterocycles. The maximum absolute atomic E-state index is 12.6. The summed E-state index contributed by atoms with van der Waals surface area (Å²) in [5, 5.41) is 8.57. The van der Waals surface area contributed by atoms with Gasteiger partial charge in [0.2, 0.25) is 0 Å². The van der Waals surface area contributed by atoms with Crippen molar-refractivity contribution in [1.29, 1.82) is 0 Å². The standard InChI is InChI=1S/C12H15FO2/c1-9(8-12(14)15)2-3-10-4-6-11(13)7-5-10/h4-7,9H,2-3,8H2,1H3,(H,14,15). The summed E-state index contributed by atoms with van der Waals surface area (Å²) in [5.74, 6) is -0.841. The van der Waals surface area contributed by atoms with Crippen LogP contribution < -0.4 is 0 Å². The Balaban J connectivity index is 2.36. The van der Waals surface area contributed by atoms with E-state index in [0.717, 1.165) is 18.4 Å². The average molecular weight is 210 g/mol. The largest absolute Gasteiger partial charge is 0.481 e. The van der Waals surface area contributed by atoms with Crippen molar-refractivity contribution < 1.29 is 14.3 Å². The van der Waals surface area contributed by atoms with E-state index in [4.69, 9.17) is 5.11 Å². The number of hydrogen-bond donors (Lipinski definition) is 1. The van der Waals surface area contributed by atoms with Gasteiger partial charge in [-0.1, -0.05) is 19.1 Å². The maximum Gasteiger partial charge on any atom is 0.303 e. The van der Waals surface area contributed by atoms with Gasteiger partial charge in [0.15, 0.2) is 0 Å². The van der Waals surface area contributed by atoms with Gasteiger partial charge in [0.25, 0.3) is 0 Å². The van der Waals surface area contributed by atoms with E-state index in [2.05, 4.69) is 0 Å². The number of hydrogen-bond acceptors (Lipinski definition) is 1. The number of carboxylic acids is 1. The van der Waals surface area contributed by atoms with Crippen molar-refractivity contribution in [3.05, 3.63) is 35.6 Å². The van der Waals surface area contributed by atoms with E-state index in [1.165, 1.54) is 12.1 Å².